The number of carbonyl (C=O) groups excluding carboxylic acids is 2. The van der Waals surface area contributed by atoms with Crippen molar-refractivity contribution in [2.45, 2.75) is 50.8 Å². The third kappa shape index (κ3) is 5.68. The molecule has 1 fully saturated rings. The largest absolute Gasteiger partial charge is 0.395 e. The minimum absolute atomic E-state index is 0.0417. The second kappa shape index (κ2) is 9.73. The molecule has 4 N–H and O–H groups in total. The molecule has 1 saturated carbocycles. The van der Waals surface area contributed by atoms with Crippen LogP contribution in [0.5, 0.6) is 0 Å². The van der Waals surface area contributed by atoms with Crippen LogP contribution in [0.1, 0.15) is 48.3 Å². The predicted octanol–water partition coefficient (Wildman–Crippen LogP) is 0.654. The Morgan fingerprint density at radius 1 is 1.36 bits per heavy atom. The van der Waals surface area contributed by atoms with Crippen LogP contribution in [-0.4, -0.2) is 45.1 Å². The normalized spacial score (nSPS) is 15.2. The summed E-state index contributed by atoms with van der Waals surface area (Å²) in [6.07, 6.45) is 5.77. The molecule has 0 unspecified atom stereocenters. The van der Waals surface area contributed by atoms with Crippen LogP contribution in [0.4, 0.5) is 4.39 Å². The number of nitrogens with zero attached hydrogens (tertiary/aromatic N) is 2. The zero-order valence-electron chi connectivity index (χ0n) is 14.2. The highest BCUT2D eigenvalue weighted by Gasteiger charge is 2.23. The Morgan fingerprint density at radius 3 is 2.76 bits per heavy atom. The lowest BCUT2D eigenvalue weighted by Gasteiger charge is -2.21. The van der Waals surface area contributed by atoms with Crippen molar-refractivity contribution < 1.29 is 19.1 Å². The van der Waals surface area contributed by atoms with Gasteiger partial charge in [0.25, 0.3) is 5.91 Å². The van der Waals surface area contributed by atoms with Crippen molar-refractivity contribution >= 4 is 23.8 Å². The van der Waals surface area contributed by atoms with Crippen molar-refractivity contribution in [2.75, 3.05) is 13.2 Å². The van der Waals surface area contributed by atoms with Crippen LogP contribution in [0, 0.1) is 12.7 Å². The van der Waals surface area contributed by atoms with E-state index in [1.165, 1.54) is 38.1 Å². The molecule has 0 bridgehead atoms. The number of amides is 2. The Hall–Kier alpha value is -1.65. The summed E-state index contributed by atoms with van der Waals surface area (Å²) in [6, 6.07) is 0. The van der Waals surface area contributed by atoms with Crippen LogP contribution in [0.2, 0.25) is 0 Å². The highest BCUT2D eigenvalue weighted by molar-refractivity contribution is 7.98. The highest BCUT2D eigenvalue weighted by atomic mass is 32.2. The molecule has 0 aliphatic heterocycles. The number of carbonyl (C=O) groups is 2. The fourth-order valence-corrected chi connectivity index (χ4v) is 3.57. The average Bonchev–Trinajstić information content (AvgIpc) is 2.87. The Kier molecular flexibility index (Phi) is 7.66. The van der Waals surface area contributed by atoms with Crippen molar-refractivity contribution in [1.82, 2.24) is 25.4 Å². The first-order valence-corrected chi connectivity index (χ1v) is 9.22. The Labute approximate surface area is 150 Å². The summed E-state index contributed by atoms with van der Waals surface area (Å²) in [6.45, 7) is 1.01. The number of aryl methyl sites for hydroxylation is 1. The van der Waals surface area contributed by atoms with Crippen LogP contribution >= 0.6 is 11.9 Å². The fraction of sp³-hybridized carbons (Fsp3) is 0.667. The lowest BCUT2D eigenvalue weighted by Crippen LogP contribution is -2.37. The first-order chi connectivity index (χ1) is 12.0. The second-order valence-corrected chi connectivity index (χ2v) is 7.02. The van der Waals surface area contributed by atoms with Gasteiger partial charge >= 0.3 is 0 Å². The first kappa shape index (κ1) is 19.7. The van der Waals surface area contributed by atoms with Gasteiger partial charge in [0.2, 0.25) is 5.91 Å². The van der Waals surface area contributed by atoms with E-state index >= 15 is 0 Å². The fourth-order valence-electron chi connectivity index (χ4n) is 2.68. The molecule has 25 heavy (non-hydrogen) atoms. The number of rotatable bonds is 8. The summed E-state index contributed by atoms with van der Waals surface area (Å²) < 4.78 is 15.2. The lowest BCUT2D eigenvalue weighted by molar-refractivity contribution is -0.122. The zero-order valence-corrected chi connectivity index (χ0v) is 15.0. The van der Waals surface area contributed by atoms with E-state index in [2.05, 4.69) is 20.7 Å². The molecule has 0 spiro atoms. The second-order valence-electron chi connectivity index (χ2n) is 5.91. The van der Waals surface area contributed by atoms with Gasteiger partial charge in [-0.2, -0.15) is 9.93 Å². The van der Waals surface area contributed by atoms with Gasteiger partial charge in [0.15, 0.2) is 11.5 Å². The Bertz CT molecular complexity index is 604. The molecule has 1 aromatic heterocycles. The zero-order chi connectivity index (χ0) is 18.2. The van der Waals surface area contributed by atoms with Gasteiger partial charge in [-0.05, 0) is 19.8 Å². The molecule has 0 aromatic carbocycles. The van der Waals surface area contributed by atoms with Crippen LogP contribution in [0.3, 0.4) is 0 Å². The van der Waals surface area contributed by atoms with Gasteiger partial charge in [0, 0.05) is 11.8 Å². The van der Waals surface area contributed by atoms with Gasteiger partial charge in [0.1, 0.15) is 6.54 Å². The van der Waals surface area contributed by atoms with Crippen molar-refractivity contribution in [3.63, 3.8) is 0 Å². The molecule has 8 nitrogen and oxygen atoms in total. The third-order valence-corrected chi connectivity index (χ3v) is 4.96. The first-order valence-electron chi connectivity index (χ1n) is 8.34. The molecule has 0 saturated heterocycles. The number of hydrogen-bond acceptors (Lipinski definition) is 6. The molecule has 1 heterocycles. The van der Waals surface area contributed by atoms with Crippen molar-refractivity contribution in [3.8, 4) is 0 Å². The molecule has 2 rings (SSSR count). The van der Waals surface area contributed by atoms with E-state index in [0.29, 0.717) is 5.25 Å². The number of halogens is 1. The van der Waals surface area contributed by atoms with E-state index in [0.717, 1.165) is 17.5 Å². The number of hydrazine groups is 1. The summed E-state index contributed by atoms with van der Waals surface area (Å²) in [5.74, 6) is -1.90. The topological polar surface area (TPSA) is 108 Å². The Balaban J connectivity index is 1.94. The SMILES string of the molecule is Cc1nn(CC(=O)NCCO)c(C(=O)NNSC2CCCCC2)c1F. The molecular formula is C15H24FN5O3S. The summed E-state index contributed by atoms with van der Waals surface area (Å²) in [5, 5.41) is 15.5. The van der Waals surface area contributed by atoms with E-state index in [1.54, 1.807) is 0 Å². The summed E-state index contributed by atoms with van der Waals surface area (Å²) >= 11 is 1.42. The van der Waals surface area contributed by atoms with E-state index in [1.807, 2.05) is 0 Å². The minimum Gasteiger partial charge on any atom is -0.395 e. The smallest absolute Gasteiger partial charge is 0.287 e. The number of hydrogen-bond donors (Lipinski definition) is 4. The number of aromatic nitrogens is 2. The lowest BCUT2D eigenvalue weighted by atomic mass is 10.0. The van der Waals surface area contributed by atoms with Crippen molar-refractivity contribution in [1.29, 1.82) is 0 Å². The highest BCUT2D eigenvalue weighted by Crippen LogP contribution is 2.25. The van der Waals surface area contributed by atoms with Gasteiger partial charge in [-0.15, -0.1) is 0 Å². The van der Waals surface area contributed by atoms with E-state index in [4.69, 9.17) is 5.11 Å². The monoisotopic (exact) mass is 373 g/mol. The standard InChI is InChI=1S/C15H24FN5O3S/c1-10-13(16)14(21(19-10)9-12(23)17-7-8-22)15(24)18-20-25-11-5-3-2-4-6-11/h11,20,22H,2-9H2,1H3,(H,17,23)(H,18,24). The van der Waals surface area contributed by atoms with Gasteiger partial charge < -0.3 is 10.4 Å². The van der Waals surface area contributed by atoms with Gasteiger partial charge in [-0.1, -0.05) is 31.2 Å². The molecular weight excluding hydrogens is 349 g/mol. The minimum atomic E-state index is -0.753. The van der Waals surface area contributed by atoms with E-state index in [-0.39, 0.29) is 31.1 Å². The third-order valence-electron chi connectivity index (χ3n) is 3.94. The van der Waals surface area contributed by atoms with Crippen LogP contribution in [0.25, 0.3) is 0 Å². The molecule has 10 heteroatoms. The van der Waals surface area contributed by atoms with Gasteiger partial charge in [0.05, 0.1) is 12.3 Å². The predicted molar refractivity (Wildman–Crippen MR) is 92.1 cm³/mol. The maximum atomic E-state index is 14.2. The average molecular weight is 373 g/mol. The van der Waals surface area contributed by atoms with Crippen molar-refractivity contribution in [2.24, 2.45) is 0 Å². The van der Waals surface area contributed by atoms with Gasteiger partial charge in [-0.25, -0.2) is 9.07 Å². The maximum Gasteiger partial charge on any atom is 0.287 e. The van der Waals surface area contributed by atoms with E-state index in [9.17, 15) is 14.0 Å². The van der Waals surface area contributed by atoms with Crippen LogP contribution < -0.4 is 15.6 Å². The molecule has 140 valence electrons. The van der Waals surface area contributed by atoms with E-state index < -0.39 is 17.6 Å². The van der Waals surface area contributed by atoms with Crippen LogP contribution in [-0.2, 0) is 11.3 Å². The number of aliphatic hydroxyl groups excluding tert-OH is 1. The van der Waals surface area contributed by atoms with Crippen LogP contribution in [0.15, 0.2) is 0 Å². The molecule has 2 amide bonds. The summed E-state index contributed by atoms with van der Waals surface area (Å²) in [4.78, 5) is 26.8. The summed E-state index contributed by atoms with van der Waals surface area (Å²) in [5.41, 5.74) is 2.20. The molecule has 1 aromatic rings. The number of aliphatic hydroxyl groups is 1. The van der Waals surface area contributed by atoms with Gasteiger partial charge in [-0.3, -0.25) is 15.0 Å². The Morgan fingerprint density at radius 2 is 2.08 bits per heavy atom. The summed E-state index contributed by atoms with van der Waals surface area (Å²) in [7, 11) is 0. The number of nitrogens with one attached hydrogen (secondary N) is 3. The molecule has 1 aliphatic carbocycles. The maximum absolute atomic E-state index is 14.2. The molecule has 0 radical (unpaired) electrons. The molecule has 1 aliphatic rings. The molecule has 0 atom stereocenters. The quantitative estimate of drug-likeness (QED) is 0.394. The van der Waals surface area contributed by atoms with Crippen molar-refractivity contribution in [3.05, 3.63) is 17.2 Å².